The second-order valence-corrected chi connectivity index (χ2v) is 8.03. The van der Waals surface area contributed by atoms with Crippen molar-refractivity contribution >= 4 is 16.8 Å². The number of amides is 1. The Bertz CT molecular complexity index is 1170. The van der Waals surface area contributed by atoms with Crippen LogP contribution in [0.4, 0.5) is 0 Å². The highest BCUT2D eigenvalue weighted by atomic mass is 16.5. The van der Waals surface area contributed by atoms with Crippen LogP contribution in [0, 0.1) is 5.92 Å². The van der Waals surface area contributed by atoms with Crippen LogP contribution in [0.15, 0.2) is 35.1 Å². The molecule has 1 fully saturated rings. The zero-order valence-electron chi connectivity index (χ0n) is 17.6. The number of carbonyl (C=O) groups is 1. The van der Waals surface area contributed by atoms with Crippen molar-refractivity contribution in [2.45, 2.75) is 45.1 Å². The number of H-pyrrole nitrogens is 1. The van der Waals surface area contributed by atoms with Crippen molar-refractivity contribution in [2.24, 2.45) is 5.92 Å². The summed E-state index contributed by atoms with van der Waals surface area (Å²) >= 11 is 0. The van der Waals surface area contributed by atoms with E-state index >= 15 is 0 Å². The monoisotopic (exact) mass is 422 g/mol. The fraction of sp³-hybridized carbons (Fsp3) is 0.391. The van der Waals surface area contributed by atoms with Crippen LogP contribution in [-0.4, -0.2) is 39.1 Å². The fourth-order valence-corrected chi connectivity index (χ4v) is 4.14. The average molecular weight is 422 g/mol. The van der Waals surface area contributed by atoms with Crippen molar-refractivity contribution < 1.29 is 14.6 Å². The van der Waals surface area contributed by atoms with Gasteiger partial charge in [-0.15, -0.1) is 0 Å². The summed E-state index contributed by atoms with van der Waals surface area (Å²) < 4.78 is 5.22. The van der Waals surface area contributed by atoms with E-state index in [9.17, 15) is 14.7 Å². The predicted molar refractivity (Wildman–Crippen MR) is 117 cm³/mol. The van der Waals surface area contributed by atoms with Gasteiger partial charge >= 0.3 is 0 Å². The Kier molecular flexibility index (Phi) is 5.88. The molecule has 8 nitrogen and oxygen atoms in total. The van der Waals surface area contributed by atoms with Crippen LogP contribution >= 0.6 is 0 Å². The molecule has 1 saturated carbocycles. The SMILES string of the molecule is COc1ccc2nc(-c3nc(C(=O)NC(C)C4CCCCC4)c(O)c(=O)[nH]3)ccc2c1. The first kappa shape index (κ1) is 20.8. The summed E-state index contributed by atoms with van der Waals surface area (Å²) in [5, 5.41) is 14.0. The van der Waals surface area contributed by atoms with Gasteiger partial charge in [0.25, 0.3) is 11.5 Å². The molecule has 1 aromatic carbocycles. The molecule has 3 aromatic rings. The number of benzene rings is 1. The summed E-state index contributed by atoms with van der Waals surface area (Å²) in [7, 11) is 1.59. The average Bonchev–Trinajstić information content (AvgIpc) is 2.80. The summed E-state index contributed by atoms with van der Waals surface area (Å²) in [5.41, 5.74) is 0.00484. The number of rotatable bonds is 5. The van der Waals surface area contributed by atoms with Crippen LogP contribution in [0.1, 0.15) is 49.5 Å². The zero-order chi connectivity index (χ0) is 22.0. The molecular formula is C23H26N4O4. The lowest BCUT2D eigenvalue weighted by atomic mass is 9.84. The lowest BCUT2D eigenvalue weighted by Gasteiger charge is -2.28. The maximum absolute atomic E-state index is 12.8. The minimum atomic E-state index is -0.780. The van der Waals surface area contributed by atoms with Gasteiger partial charge in [0.15, 0.2) is 11.5 Å². The number of aromatic hydroxyl groups is 1. The number of aromatic nitrogens is 3. The van der Waals surface area contributed by atoms with Crippen LogP contribution in [-0.2, 0) is 0 Å². The van der Waals surface area contributed by atoms with E-state index in [1.807, 2.05) is 19.1 Å². The molecule has 0 saturated heterocycles. The number of methoxy groups -OCH3 is 1. The quantitative estimate of drug-likeness (QED) is 0.580. The molecule has 1 atom stereocenters. The summed E-state index contributed by atoms with van der Waals surface area (Å²) in [6.07, 6.45) is 5.66. The third kappa shape index (κ3) is 4.38. The third-order valence-electron chi connectivity index (χ3n) is 5.96. The van der Waals surface area contributed by atoms with E-state index in [1.54, 1.807) is 25.3 Å². The van der Waals surface area contributed by atoms with Crippen LogP contribution in [0.2, 0.25) is 0 Å². The first-order valence-electron chi connectivity index (χ1n) is 10.6. The first-order valence-corrected chi connectivity index (χ1v) is 10.6. The van der Waals surface area contributed by atoms with Gasteiger partial charge in [0.1, 0.15) is 11.4 Å². The lowest BCUT2D eigenvalue weighted by molar-refractivity contribution is 0.0911. The Hall–Kier alpha value is -3.42. The minimum absolute atomic E-state index is 0.0643. The third-order valence-corrected chi connectivity index (χ3v) is 5.96. The van der Waals surface area contributed by atoms with Crippen molar-refractivity contribution in [3.05, 3.63) is 46.4 Å². The van der Waals surface area contributed by atoms with E-state index < -0.39 is 17.2 Å². The lowest BCUT2D eigenvalue weighted by Crippen LogP contribution is -2.39. The summed E-state index contributed by atoms with van der Waals surface area (Å²) in [6.45, 7) is 1.96. The largest absolute Gasteiger partial charge is 0.501 e. The van der Waals surface area contributed by atoms with Gasteiger partial charge in [-0.1, -0.05) is 25.3 Å². The molecule has 8 heteroatoms. The Morgan fingerprint density at radius 1 is 1.19 bits per heavy atom. The zero-order valence-corrected chi connectivity index (χ0v) is 17.6. The van der Waals surface area contributed by atoms with Gasteiger partial charge in [-0.05, 0) is 49.9 Å². The number of hydrogen-bond donors (Lipinski definition) is 3. The first-order chi connectivity index (χ1) is 15.0. The Morgan fingerprint density at radius 3 is 2.71 bits per heavy atom. The molecule has 1 aliphatic rings. The summed E-state index contributed by atoms with van der Waals surface area (Å²) in [6, 6.07) is 8.91. The molecule has 1 amide bonds. The maximum Gasteiger partial charge on any atom is 0.294 e. The Balaban J connectivity index is 1.63. The van der Waals surface area contributed by atoms with Crippen molar-refractivity contribution in [1.82, 2.24) is 20.3 Å². The minimum Gasteiger partial charge on any atom is -0.501 e. The van der Waals surface area contributed by atoms with Crippen molar-refractivity contribution in [2.75, 3.05) is 7.11 Å². The van der Waals surface area contributed by atoms with Crippen molar-refractivity contribution in [3.63, 3.8) is 0 Å². The fourth-order valence-electron chi connectivity index (χ4n) is 4.14. The summed E-state index contributed by atoms with van der Waals surface area (Å²) in [4.78, 5) is 36.4. The second kappa shape index (κ2) is 8.75. The second-order valence-electron chi connectivity index (χ2n) is 8.03. The Morgan fingerprint density at radius 2 is 1.97 bits per heavy atom. The highest BCUT2D eigenvalue weighted by molar-refractivity contribution is 5.95. The topological polar surface area (TPSA) is 117 Å². The van der Waals surface area contributed by atoms with Crippen LogP contribution < -0.4 is 15.6 Å². The molecule has 1 aliphatic carbocycles. The number of nitrogens with zero attached hydrogens (tertiary/aromatic N) is 2. The van der Waals surface area contributed by atoms with Gasteiger partial charge in [-0.25, -0.2) is 9.97 Å². The molecule has 0 aliphatic heterocycles. The molecule has 31 heavy (non-hydrogen) atoms. The number of nitrogens with one attached hydrogen (secondary N) is 2. The van der Waals surface area contributed by atoms with Gasteiger partial charge in [-0.3, -0.25) is 9.59 Å². The molecule has 1 unspecified atom stereocenters. The molecular weight excluding hydrogens is 396 g/mol. The highest BCUT2D eigenvalue weighted by Gasteiger charge is 2.25. The molecule has 2 heterocycles. The van der Waals surface area contributed by atoms with E-state index in [2.05, 4.69) is 20.3 Å². The number of hydrogen-bond acceptors (Lipinski definition) is 6. The molecule has 2 aromatic heterocycles. The van der Waals surface area contributed by atoms with Crippen molar-refractivity contribution in [1.29, 1.82) is 0 Å². The predicted octanol–water partition coefficient (Wildman–Crippen LogP) is 3.40. The van der Waals surface area contributed by atoms with Gasteiger partial charge in [0.2, 0.25) is 5.75 Å². The molecule has 0 spiro atoms. The van der Waals surface area contributed by atoms with E-state index in [-0.39, 0.29) is 17.6 Å². The number of fused-ring (bicyclic) bond motifs is 1. The van der Waals surface area contributed by atoms with Gasteiger partial charge in [0, 0.05) is 11.4 Å². The van der Waals surface area contributed by atoms with Gasteiger partial charge < -0.3 is 20.1 Å². The van der Waals surface area contributed by atoms with Crippen molar-refractivity contribution in [3.8, 4) is 23.0 Å². The van der Waals surface area contributed by atoms with E-state index in [1.165, 1.54) is 6.42 Å². The van der Waals surface area contributed by atoms with E-state index in [0.29, 0.717) is 22.9 Å². The van der Waals surface area contributed by atoms with Gasteiger partial charge in [0.05, 0.1) is 12.6 Å². The maximum atomic E-state index is 12.8. The molecule has 0 bridgehead atoms. The van der Waals surface area contributed by atoms with Crippen LogP contribution in [0.3, 0.4) is 0 Å². The number of carbonyl (C=O) groups excluding carboxylic acids is 1. The number of aromatic amines is 1. The Labute approximate surface area is 179 Å². The van der Waals surface area contributed by atoms with E-state index in [0.717, 1.165) is 31.1 Å². The normalized spacial score (nSPS) is 15.5. The van der Waals surface area contributed by atoms with Crippen LogP contribution in [0.5, 0.6) is 11.5 Å². The number of ether oxygens (including phenoxy) is 1. The molecule has 162 valence electrons. The molecule has 0 radical (unpaired) electrons. The van der Waals surface area contributed by atoms with E-state index in [4.69, 9.17) is 4.74 Å². The molecule has 3 N–H and O–H groups in total. The highest BCUT2D eigenvalue weighted by Crippen LogP contribution is 2.27. The number of pyridine rings is 1. The standard InChI is InChI=1S/C23H26N4O4/c1-13(14-6-4-3-5-7-14)24-22(29)19-20(28)23(30)27-21(26-19)18-10-8-15-12-16(31-2)9-11-17(15)25-18/h8-14,28H,3-7H2,1-2H3,(H,24,29)(H,26,27,30). The van der Waals surface area contributed by atoms with Crippen LogP contribution in [0.25, 0.3) is 22.4 Å². The summed E-state index contributed by atoms with van der Waals surface area (Å²) in [5.74, 6) is -0.0308. The smallest absolute Gasteiger partial charge is 0.294 e. The molecule has 4 rings (SSSR count). The van der Waals surface area contributed by atoms with Gasteiger partial charge in [-0.2, -0.15) is 0 Å².